The van der Waals surface area contributed by atoms with Gasteiger partial charge in [-0.1, -0.05) is 18.2 Å². The predicted molar refractivity (Wildman–Crippen MR) is 133 cm³/mol. The topological polar surface area (TPSA) is 77.5 Å². The molecule has 0 aliphatic carbocycles. The molecule has 4 rings (SSSR count). The highest BCUT2D eigenvalue weighted by atomic mass is 35.5. The van der Waals surface area contributed by atoms with Gasteiger partial charge >= 0.3 is 0 Å². The van der Waals surface area contributed by atoms with E-state index in [1.165, 1.54) is 16.7 Å². The zero-order chi connectivity index (χ0) is 25.4. The molecule has 35 heavy (non-hydrogen) atoms. The Balaban J connectivity index is 1.80. The molecule has 1 fully saturated rings. The molecule has 1 aliphatic heterocycles. The van der Waals surface area contributed by atoms with Gasteiger partial charge in [0, 0.05) is 49.5 Å². The molecule has 0 N–H and O–H groups in total. The van der Waals surface area contributed by atoms with Crippen LogP contribution in [0.2, 0.25) is 5.02 Å². The molecule has 8 nitrogen and oxygen atoms in total. The molecule has 10 heteroatoms. The number of morpholine rings is 1. The molecule has 0 saturated carbocycles. The SMILES string of the molecule is C=C(/N=C(/c1ccc(Cl)cc1F)c1c(C)nc(C)n(C)c1=O)N1C[C@@H](C)O[C@@H](c2cnn(C)c2)C1. The quantitative estimate of drug-likeness (QED) is 0.501. The van der Waals surface area contributed by atoms with Crippen LogP contribution in [0.3, 0.4) is 0 Å². The van der Waals surface area contributed by atoms with E-state index in [1.54, 1.807) is 37.8 Å². The third-order valence-corrected chi connectivity index (χ3v) is 6.32. The maximum absolute atomic E-state index is 15.1. The zero-order valence-corrected chi connectivity index (χ0v) is 21.2. The van der Waals surface area contributed by atoms with Gasteiger partial charge < -0.3 is 9.64 Å². The second-order valence-electron chi connectivity index (χ2n) is 8.77. The van der Waals surface area contributed by atoms with Crippen molar-refractivity contribution in [3.8, 4) is 0 Å². The predicted octanol–water partition coefficient (Wildman–Crippen LogP) is 3.69. The molecule has 1 saturated heterocycles. The number of aromatic nitrogens is 4. The molecular weight excluding hydrogens is 471 g/mol. The van der Waals surface area contributed by atoms with Gasteiger partial charge in [0.25, 0.3) is 5.56 Å². The van der Waals surface area contributed by atoms with E-state index in [0.717, 1.165) is 5.56 Å². The van der Waals surface area contributed by atoms with E-state index < -0.39 is 5.82 Å². The summed E-state index contributed by atoms with van der Waals surface area (Å²) in [6.07, 6.45) is 3.34. The van der Waals surface area contributed by atoms with E-state index in [0.29, 0.717) is 30.4 Å². The highest BCUT2D eigenvalue weighted by molar-refractivity contribution is 6.30. The fraction of sp³-hybridized carbons (Fsp3) is 0.360. The first-order valence-corrected chi connectivity index (χ1v) is 11.6. The molecule has 1 aliphatic rings. The van der Waals surface area contributed by atoms with Crippen molar-refractivity contribution >= 4 is 17.3 Å². The van der Waals surface area contributed by atoms with E-state index in [4.69, 9.17) is 21.3 Å². The first-order chi connectivity index (χ1) is 16.5. The summed E-state index contributed by atoms with van der Waals surface area (Å²) >= 11 is 5.99. The van der Waals surface area contributed by atoms with Crippen LogP contribution in [0.15, 0.2) is 52.8 Å². The Morgan fingerprint density at radius 1 is 1.29 bits per heavy atom. The van der Waals surface area contributed by atoms with Crippen LogP contribution in [0.5, 0.6) is 0 Å². The fourth-order valence-electron chi connectivity index (χ4n) is 4.20. The monoisotopic (exact) mass is 498 g/mol. The van der Waals surface area contributed by atoms with Gasteiger partial charge in [0.1, 0.15) is 23.6 Å². The lowest BCUT2D eigenvalue weighted by Gasteiger charge is -2.37. The number of halogens is 2. The van der Waals surface area contributed by atoms with Crippen molar-refractivity contribution in [2.75, 3.05) is 13.1 Å². The Bertz CT molecular complexity index is 1380. The van der Waals surface area contributed by atoms with Crippen LogP contribution >= 0.6 is 11.6 Å². The van der Waals surface area contributed by atoms with Gasteiger partial charge in [0.2, 0.25) is 0 Å². The van der Waals surface area contributed by atoms with E-state index in [1.807, 2.05) is 25.1 Å². The number of nitrogens with zero attached hydrogens (tertiary/aromatic N) is 6. The van der Waals surface area contributed by atoms with Gasteiger partial charge in [-0.3, -0.25) is 14.0 Å². The summed E-state index contributed by atoms with van der Waals surface area (Å²) in [6, 6.07) is 4.28. The first kappa shape index (κ1) is 24.8. The number of hydrogen-bond donors (Lipinski definition) is 0. The highest BCUT2D eigenvalue weighted by Gasteiger charge is 2.29. The summed E-state index contributed by atoms with van der Waals surface area (Å²) in [6.45, 7) is 10.6. The molecule has 3 heterocycles. The molecule has 3 aromatic rings. The molecule has 184 valence electrons. The van der Waals surface area contributed by atoms with Crippen molar-refractivity contribution in [2.45, 2.75) is 33.0 Å². The van der Waals surface area contributed by atoms with Crippen LogP contribution in [0.4, 0.5) is 4.39 Å². The Kier molecular flexibility index (Phi) is 6.91. The maximum Gasteiger partial charge on any atom is 0.262 e. The lowest BCUT2D eigenvalue weighted by atomic mass is 10.0. The minimum absolute atomic E-state index is 0.104. The Morgan fingerprint density at radius 3 is 2.69 bits per heavy atom. The van der Waals surface area contributed by atoms with Crippen LogP contribution in [-0.2, 0) is 18.8 Å². The summed E-state index contributed by atoms with van der Waals surface area (Å²) < 4.78 is 24.4. The Labute approximate surface area is 208 Å². The number of benzene rings is 1. The lowest BCUT2D eigenvalue weighted by Crippen LogP contribution is -2.42. The summed E-state index contributed by atoms with van der Waals surface area (Å²) in [4.78, 5) is 24.4. The van der Waals surface area contributed by atoms with Crippen LogP contribution in [0.1, 0.15) is 41.2 Å². The molecular formula is C25H28ClFN6O2. The van der Waals surface area contributed by atoms with Crippen molar-refractivity contribution in [1.82, 2.24) is 24.2 Å². The molecule has 0 amide bonds. The number of aliphatic imine (C=N–C) groups is 1. The fourth-order valence-corrected chi connectivity index (χ4v) is 4.36. The van der Waals surface area contributed by atoms with Gasteiger partial charge in [-0.2, -0.15) is 5.10 Å². The minimum atomic E-state index is -0.588. The number of aryl methyl sites for hydroxylation is 3. The molecule has 2 atom stereocenters. The van der Waals surface area contributed by atoms with Crippen molar-refractivity contribution in [3.05, 3.63) is 92.4 Å². The molecule has 2 aromatic heterocycles. The average molecular weight is 499 g/mol. The smallest absolute Gasteiger partial charge is 0.262 e. The maximum atomic E-state index is 15.1. The van der Waals surface area contributed by atoms with E-state index in [-0.39, 0.29) is 39.6 Å². The van der Waals surface area contributed by atoms with Gasteiger partial charge in [-0.25, -0.2) is 14.4 Å². The van der Waals surface area contributed by atoms with E-state index in [2.05, 4.69) is 16.7 Å². The van der Waals surface area contributed by atoms with Crippen molar-refractivity contribution in [1.29, 1.82) is 0 Å². The second-order valence-corrected chi connectivity index (χ2v) is 9.21. The summed E-state index contributed by atoms with van der Waals surface area (Å²) in [7, 11) is 3.47. The summed E-state index contributed by atoms with van der Waals surface area (Å²) in [5.74, 6) is 0.349. The van der Waals surface area contributed by atoms with Gasteiger partial charge in [-0.15, -0.1) is 0 Å². The van der Waals surface area contributed by atoms with Gasteiger partial charge in [-0.05, 0) is 39.0 Å². The van der Waals surface area contributed by atoms with Crippen molar-refractivity contribution in [3.63, 3.8) is 0 Å². The largest absolute Gasteiger partial charge is 0.367 e. The average Bonchev–Trinajstić information content (AvgIpc) is 3.23. The van der Waals surface area contributed by atoms with Crippen LogP contribution in [-0.4, -0.2) is 49.1 Å². The van der Waals surface area contributed by atoms with Crippen LogP contribution in [0.25, 0.3) is 0 Å². The highest BCUT2D eigenvalue weighted by Crippen LogP contribution is 2.28. The summed E-state index contributed by atoms with van der Waals surface area (Å²) in [5.41, 5.74) is 1.59. The van der Waals surface area contributed by atoms with Crippen molar-refractivity contribution < 1.29 is 9.13 Å². The van der Waals surface area contributed by atoms with Crippen LogP contribution in [0, 0.1) is 19.7 Å². The molecule has 0 bridgehead atoms. The summed E-state index contributed by atoms with van der Waals surface area (Å²) in [5, 5.41) is 4.49. The Morgan fingerprint density at radius 2 is 2.03 bits per heavy atom. The molecule has 0 spiro atoms. The van der Waals surface area contributed by atoms with Gasteiger partial charge in [0.05, 0.1) is 29.3 Å². The first-order valence-electron chi connectivity index (χ1n) is 11.2. The molecule has 0 radical (unpaired) electrons. The lowest BCUT2D eigenvalue weighted by molar-refractivity contribution is -0.0692. The van der Waals surface area contributed by atoms with E-state index in [9.17, 15) is 4.79 Å². The number of rotatable bonds is 5. The third-order valence-electron chi connectivity index (χ3n) is 6.08. The second kappa shape index (κ2) is 9.75. The number of hydrogen-bond acceptors (Lipinski definition) is 6. The zero-order valence-electron chi connectivity index (χ0n) is 20.4. The Hall–Kier alpha value is -3.30. The van der Waals surface area contributed by atoms with Crippen molar-refractivity contribution in [2.24, 2.45) is 19.1 Å². The number of ether oxygens (including phenoxy) is 1. The van der Waals surface area contributed by atoms with Gasteiger partial charge in [0.15, 0.2) is 0 Å². The molecule has 1 aromatic carbocycles. The van der Waals surface area contributed by atoms with Crippen LogP contribution < -0.4 is 5.56 Å². The van der Waals surface area contributed by atoms with E-state index >= 15 is 4.39 Å². The minimum Gasteiger partial charge on any atom is -0.367 e. The third kappa shape index (κ3) is 5.06. The molecule has 0 unspecified atom stereocenters. The standard InChI is InChI=1S/C25H28ClFN6O2/c1-14-11-33(13-22(35-14)18-10-28-31(5)12-18)17(4)30-24(20-8-7-19(26)9-21(20)27)23-15(2)29-16(3)32(6)25(23)34/h7-10,12,14,22H,4,11,13H2,1-3,5-6H3/b30-24-/t14-,22-/m1/s1. The normalized spacial score (nSPS) is 18.7.